The number of hydrogen-bond acceptors (Lipinski definition) is 9. The zero-order chi connectivity index (χ0) is 22.6. The number of hydrogen-bond donors (Lipinski definition) is 1. The molecule has 1 N–H and O–H groups in total. The highest BCUT2D eigenvalue weighted by atomic mass is 19.1. The lowest BCUT2D eigenvalue weighted by Gasteiger charge is -2.30. The Morgan fingerprint density at radius 1 is 1.09 bits per heavy atom. The smallest absolute Gasteiger partial charge is 0.213 e. The number of methoxy groups -OCH3 is 1. The van der Waals surface area contributed by atoms with Crippen molar-refractivity contribution in [3.63, 3.8) is 0 Å². The first-order chi connectivity index (χ1) is 16.2. The topological polar surface area (TPSA) is 96.9 Å². The van der Waals surface area contributed by atoms with Crippen LogP contribution in [-0.2, 0) is 22.4 Å². The van der Waals surface area contributed by atoms with Gasteiger partial charge < -0.3 is 29.0 Å². The lowest BCUT2D eigenvalue weighted by atomic mass is 10.1. The van der Waals surface area contributed by atoms with Crippen LogP contribution in [0.5, 0.6) is 17.4 Å². The molecule has 2 aliphatic heterocycles. The molecule has 33 heavy (non-hydrogen) atoms. The summed E-state index contributed by atoms with van der Waals surface area (Å²) < 4.78 is 42.5. The highest BCUT2D eigenvalue weighted by molar-refractivity contribution is 5.78. The largest absolute Gasteiger partial charge is 0.486 e. The quantitative estimate of drug-likeness (QED) is 0.575. The number of aryl methyl sites for hydroxylation is 1. The molecule has 0 aliphatic carbocycles. The summed E-state index contributed by atoms with van der Waals surface area (Å²) >= 11 is 0. The van der Waals surface area contributed by atoms with Gasteiger partial charge in [-0.15, -0.1) is 0 Å². The van der Waals surface area contributed by atoms with Gasteiger partial charge in [0, 0.05) is 30.7 Å². The number of pyridine rings is 3. The van der Waals surface area contributed by atoms with Gasteiger partial charge in [0.1, 0.15) is 19.0 Å². The van der Waals surface area contributed by atoms with Gasteiger partial charge >= 0.3 is 0 Å². The van der Waals surface area contributed by atoms with Gasteiger partial charge in [-0.2, -0.15) is 0 Å². The molecule has 3 aromatic rings. The maximum Gasteiger partial charge on any atom is 0.213 e. The summed E-state index contributed by atoms with van der Waals surface area (Å²) in [6.45, 7) is 2.61. The Morgan fingerprint density at radius 3 is 2.73 bits per heavy atom. The summed E-state index contributed by atoms with van der Waals surface area (Å²) in [5.41, 5.74) is 2.45. The van der Waals surface area contributed by atoms with E-state index in [1.54, 1.807) is 18.3 Å². The number of ether oxygens (including phenoxy) is 5. The molecule has 174 valence electrons. The Hall–Kier alpha value is -3.08. The van der Waals surface area contributed by atoms with Crippen molar-refractivity contribution < 1.29 is 28.1 Å². The molecule has 5 rings (SSSR count). The predicted molar refractivity (Wildman–Crippen MR) is 116 cm³/mol. The van der Waals surface area contributed by atoms with Crippen LogP contribution in [0.1, 0.15) is 17.7 Å². The van der Waals surface area contributed by atoms with Crippen molar-refractivity contribution in [2.24, 2.45) is 0 Å². The van der Waals surface area contributed by atoms with E-state index in [1.165, 1.54) is 13.3 Å². The Bertz CT molecular complexity index is 1120. The minimum absolute atomic E-state index is 0.0284. The maximum atomic E-state index is 14.5. The SMILES string of the molecule is COc1ccc2ncc(F)c(CC[C@H]3OC[C@H](NCc4cc5c(cn4)OCCO5)CO3)c2n1. The number of fused-ring (bicyclic) bond motifs is 2. The molecule has 0 atom stereocenters. The lowest BCUT2D eigenvalue weighted by molar-refractivity contribution is -0.192. The summed E-state index contributed by atoms with van der Waals surface area (Å²) in [5.74, 6) is 1.41. The van der Waals surface area contributed by atoms with Crippen LogP contribution >= 0.6 is 0 Å². The summed E-state index contributed by atoms with van der Waals surface area (Å²) in [4.78, 5) is 12.9. The normalized spacial score (nSPS) is 20.1. The molecule has 1 fully saturated rings. The van der Waals surface area contributed by atoms with Gasteiger partial charge in [-0.25, -0.2) is 9.37 Å². The molecule has 1 saturated heterocycles. The Morgan fingerprint density at radius 2 is 1.91 bits per heavy atom. The molecule has 0 bridgehead atoms. The van der Waals surface area contributed by atoms with Crippen molar-refractivity contribution >= 4 is 11.0 Å². The van der Waals surface area contributed by atoms with Gasteiger partial charge in [0.2, 0.25) is 5.88 Å². The fourth-order valence-corrected chi connectivity index (χ4v) is 3.85. The molecular weight excluding hydrogens is 431 g/mol. The average Bonchev–Trinajstić information content (AvgIpc) is 2.87. The van der Waals surface area contributed by atoms with Crippen LogP contribution in [0.25, 0.3) is 11.0 Å². The third-order valence-electron chi connectivity index (χ3n) is 5.60. The molecule has 9 nitrogen and oxygen atoms in total. The highest BCUT2D eigenvalue weighted by Crippen LogP contribution is 2.29. The van der Waals surface area contributed by atoms with E-state index in [0.29, 0.717) is 79.8 Å². The van der Waals surface area contributed by atoms with Crippen LogP contribution in [-0.4, -0.2) is 60.8 Å². The predicted octanol–water partition coefficient (Wildman–Crippen LogP) is 2.41. The number of rotatable bonds is 7. The van der Waals surface area contributed by atoms with Gasteiger partial charge in [0.25, 0.3) is 0 Å². The molecule has 10 heteroatoms. The Labute approximate surface area is 190 Å². The summed E-state index contributed by atoms with van der Waals surface area (Å²) in [6.07, 6.45) is 3.41. The third kappa shape index (κ3) is 4.97. The molecule has 3 aromatic heterocycles. The fraction of sp³-hybridized carbons (Fsp3) is 0.435. The van der Waals surface area contributed by atoms with Crippen LogP contribution in [0, 0.1) is 5.82 Å². The van der Waals surface area contributed by atoms with Crippen LogP contribution in [0.4, 0.5) is 4.39 Å². The second-order valence-electron chi connectivity index (χ2n) is 7.84. The standard InChI is InChI=1S/C23H25FN4O5/c1-29-21-4-3-18-23(28-21)16(17(24)10-27-18)2-5-22-32-12-15(13-33-22)25-9-14-8-19-20(11-26-14)31-7-6-30-19/h3-4,8,10-11,15,22,25H,2,5-7,9,12-13H2,1H3/t15-,22-. The highest BCUT2D eigenvalue weighted by Gasteiger charge is 2.23. The van der Waals surface area contributed by atoms with Crippen LogP contribution in [0.15, 0.2) is 30.6 Å². The van der Waals surface area contributed by atoms with Gasteiger partial charge in [-0.1, -0.05) is 0 Å². The van der Waals surface area contributed by atoms with Gasteiger partial charge in [-0.05, 0) is 12.5 Å². The lowest BCUT2D eigenvalue weighted by Crippen LogP contribution is -2.44. The molecule has 0 amide bonds. The molecule has 0 spiro atoms. The van der Waals surface area contributed by atoms with E-state index in [2.05, 4.69) is 20.3 Å². The van der Waals surface area contributed by atoms with Gasteiger partial charge in [0.15, 0.2) is 17.8 Å². The van der Waals surface area contributed by atoms with E-state index in [4.69, 9.17) is 23.7 Å². The number of halogens is 1. The van der Waals surface area contributed by atoms with Crippen molar-refractivity contribution in [3.05, 3.63) is 47.7 Å². The second kappa shape index (κ2) is 9.82. The van der Waals surface area contributed by atoms with E-state index in [-0.39, 0.29) is 6.04 Å². The molecule has 0 unspecified atom stereocenters. The minimum atomic E-state index is -0.413. The molecule has 2 aliphatic rings. The van der Waals surface area contributed by atoms with E-state index < -0.39 is 12.1 Å². The first-order valence-electron chi connectivity index (χ1n) is 10.9. The van der Waals surface area contributed by atoms with E-state index >= 15 is 0 Å². The maximum absolute atomic E-state index is 14.5. The van der Waals surface area contributed by atoms with E-state index in [1.807, 2.05) is 6.07 Å². The first-order valence-corrected chi connectivity index (χ1v) is 10.9. The van der Waals surface area contributed by atoms with Crippen molar-refractivity contribution in [2.75, 3.05) is 33.5 Å². The van der Waals surface area contributed by atoms with Crippen molar-refractivity contribution in [1.29, 1.82) is 0 Å². The van der Waals surface area contributed by atoms with Crippen LogP contribution in [0.2, 0.25) is 0 Å². The zero-order valence-electron chi connectivity index (χ0n) is 18.3. The second-order valence-corrected chi connectivity index (χ2v) is 7.84. The molecule has 0 radical (unpaired) electrons. The molecule has 0 aromatic carbocycles. The first kappa shape index (κ1) is 21.7. The molecular formula is C23H25FN4O5. The van der Waals surface area contributed by atoms with E-state index in [0.717, 1.165) is 5.69 Å². The number of nitrogens with one attached hydrogen (secondary N) is 1. The minimum Gasteiger partial charge on any atom is -0.486 e. The van der Waals surface area contributed by atoms with Crippen LogP contribution < -0.4 is 19.5 Å². The van der Waals surface area contributed by atoms with Gasteiger partial charge in [0.05, 0.1) is 55.5 Å². The van der Waals surface area contributed by atoms with Gasteiger partial charge in [-0.3, -0.25) is 9.97 Å². The monoisotopic (exact) mass is 456 g/mol. The molecule has 5 heterocycles. The number of aromatic nitrogens is 3. The summed E-state index contributed by atoms with van der Waals surface area (Å²) in [5, 5.41) is 3.38. The third-order valence-corrected chi connectivity index (χ3v) is 5.60. The fourth-order valence-electron chi connectivity index (χ4n) is 3.85. The molecule has 0 saturated carbocycles. The Kier molecular flexibility index (Phi) is 6.47. The Balaban J connectivity index is 1.13. The average molecular weight is 456 g/mol. The summed E-state index contributed by atoms with van der Waals surface area (Å²) in [6, 6.07) is 5.38. The number of nitrogens with zero attached hydrogens (tertiary/aromatic N) is 3. The van der Waals surface area contributed by atoms with Crippen LogP contribution in [0.3, 0.4) is 0 Å². The van der Waals surface area contributed by atoms with Crippen molar-refractivity contribution in [1.82, 2.24) is 20.3 Å². The summed E-state index contributed by atoms with van der Waals surface area (Å²) in [7, 11) is 1.53. The van der Waals surface area contributed by atoms with Crippen molar-refractivity contribution in [2.45, 2.75) is 31.7 Å². The zero-order valence-corrected chi connectivity index (χ0v) is 18.3. The van der Waals surface area contributed by atoms with Crippen molar-refractivity contribution in [3.8, 4) is 17.4 Å². The van der Waals surface area contributed by atoms with E-state index in [9.17, 15) is 4.39 Å².